The van der Waals surface area contributed by atoms with Gasteiger partial charge in [0.05, 0.1) is 18.2 Å². The Hall–Kier alpha value is -2.64. The zero-order valence-electron chi connectivity index (χ0n) is 15.6. The second-order valence-corrected chi connectivity index (χ2v) is 7.41. The van der Waals surface area contributed by atoms with E-state index in [1.54, 1.807) is 22.8 Å². The van der Waals surface area contributed by atoms with Gasteiger partial charge in [-0.3, -0.25) is 19.0 Å². The van der Waals surface area contributed by atoms with E-state index in [2.05, 4.69) is 15.5 Å². The SMILES string of the molecule is Cc1c([C@@H]2[C@@H](C(=O)Nc3cc(C4CC4)n(C)n3)CC(=O)N2C)cnn1C. The van der Waals surface area contributed by atoms with Gasteiger partial charge in [0.25, 0.3) is 0 Å². The van der Waals surface area contributed by atoms with Gasteiger partial charge in [-0.15, -0.1) is 0 Å². The predicted octanol–water partition coefficient (Wildman–Crippen LogP) is 1.50. The number of aryl methyl sites for hydroxylation is 2. The summed E-state index contributed by atoms with van der Waals surface area (Å²) in [5.41, 5.74) is 3.03. The van der Waals surface area contributed by atoms with Gasteiger partial charge < -0.3 is 10.2 Å². The first kappa shape index (κ1) is 16.8. The van der Waals surface area contributed by atoms with Crippen LogP contribution in [0.3, 0.4) is 0 Å². The smallest absolute Gasteiger partial charge is 0.231 e. The number of aromatic nitrogens is 4. The van der Waals surface area contributed by atoms with Crippen molar-refractivity contribution in [3.05, 3.63) is 29.2 Å². The van der Waals surface area contributed by atoms with Gasteiger partial charge in [-0.2, -0.15) is 10.2 Å². The van der Waals surface area contributed by atoms with Crippen molar-refractivity contribution >= 4 is 17.6 Å². The molecule has 2 fully saturated rings. The Morgan fingerprint density at radius 2 is 1.96 bits per heavy atom. The van der Waals surface area contributed by atoms with Crippen molar-refractivity contribution in [2.24, 2.45) is 20.0 Å². The first-order chi connectivity index (χ1) is 12.4. The molecule has 8 heteroatoms. The van der Waals surface area contributed by atoms with E-state index in [0.29, 0.717) is 11.7 Å². The first-order valence-electron chi connectivity index (χ1n) is 8.95. The minimum Gasteiger partial charge on any atom is -0.338 e. The highest BCUT2D eigenvalue weighted by molar-refractivity contribution is 5.97. The van der Waals surface area contributed by atoms with Gasteiger partial charge in [-0.1, -0.05) is 0 Å². The highest BCUT2D eigenvalue weighted by Gasteiger charge is 2.44. The molecule has 0 unspecified atom stereocenters. The van der Waals surface area contributed by atoms with Crippen molar-refractivity contribution in [3.63, 3.8) is 0 Å². The summed E-state index contributed by atoms with van der Waals surface area (Å²) in [6, 6.07) is 1.64. The Kier molecular flexibility index (Phi) is 3.86. The molecule has 4 rings (SSSR count). The standard InChI is InChI=1S/C18H24N6O2/c1-10-13(9-19-23(10)3)17-12(7-16(25)22(17)2)18(26)20-15-8-14(11-5-6-11)24(4)21-15/h8-9,11-12,17H,5-7H2,1-4H3,(H,20,21,26)/t12-,17-/m0/s1. The van der Waals surface area contributed by atoms with Crippen LogP contribution in [0.2, 0.25) is 0 Å². The summed E-state index contributed by atoms with van der Waals surface area (Å²) >= 11 is 0. The van der Waals surface area contributed by atoms with Crippen LogP contribution in [0, 0.1) is 12.8 Å². The van der Waals surface area contributed by atoms with Crippen molar-refractivity contribution in [2.75, 3.05) is 12.4 Å². The number of carbonyl (C=O) groups excluding carboxylic acids is 2. The molecule has 0 bridgehead atoms. The number of hydrogen-bond acceptors (Lipinski definition) is 4. The molecule has 0 aromatic carbocycles. The van der Waals surface area contributed by atoms with E-state index in [4.69, 9.17) is 0 Å². The number of rotatable bonds is 4. The van der Waals surface area contributed by atoms with E-state index in [9.17, 15) is 9.59 Å². The van der Waals surface area contributed by atoms with Crippen LogP contribution in [0.5, 0.6) is 0 Å². The molecule has 2 atom stereocenters. The number of carbonyl (C=O) groups is 2. The van der Waals surface area contributed by atoms with E-state index in [1.807, 2.05) is 31.8 Å². The van der Waals surface area contributed by atoms with Crippen LogP contribution in [-0.4, -0.2) is 43.3 Å². The van der Waals surface area contributed by atoms with Crippen LogP contribution in [0.1, 0.15) is 48.2 Å². The van der Waals surface area contributed by atoms with Gasteiger partial charge in [0.15, 0.2) is 5.82 Å². The first-order valence-corrected chi connectivity index (χ1v) is 8.95. The third kappa shape index (κ3) is 2.69. The van der Waals surface area contributed by atoms with Crippen LogP contribution in [0.4, 0.5) is 5.82 Å². The van der Waals surface area contributed by atoms with Gasteiger partial charge in [-0.25, -0.2) is 0 Å². The van der Waals surface area contributed by atoms with Gasteiger partial charge in [0.1, 0.15) is 0 Å². The third-order valence-corrected chi connectivity index (χ3v) is 5.68. The van der Waals surface area contributed by atoms with E-state index in [1.165, 1.54) is 12.8 Å². The number of nitrogens with zero attached hydrogens (tertiary/aromatic N) is 5. The third-order valence-electron chi connectivity index (χ3n) is 5.68. The molecule has 1 saturated carbocycles. The summed E-state index contributed by atoms with van der Waals surface area (Å²) in [6.45, 7) is 1.95. The molecular weight excluding hydrogens is 332 g/mol. The van der Waals surface area contributed by atoms with Gasteiger partial charge in [-0.05, 0) is 19.8 Å². The Morgan fingerprint density at radius 3 is 2.58 bits per heavy atom. The Labute approximate surface area is 152 Å². The molecule has 2 aromatic rings. The van der Waals surface area contributed by atoms with Gasteiger partial charge in [0, 0.05) is 56.5 Å². The molecule has 1 N–H and O–H groups in total. The van der Waals surface area contributed by atoms with E-state index < -0.39 is 5.92 Å². The van der Waals surface area contributed by atoms with Crippen LogP contribution < -0.4 is 5.32 Å². The topological polar surface area (TPSA) is 85.1 Å². The number of anilines is 1. The molecule has 8 nitrogen and oxygen atoms in total. The molecule has 2 aliphatic rings. The minimum atomic E-state index is -0.457. The molecule has 1 aliphatic carbocycles. The fourth-order valence-electron chi connectivity index (χ4n) is 3.86. The lowest BCUT2D eigenvalue weighted by atomic mass is 9.93. The Balaban J connectivity index is 1.58. The lowest BCUT2D eigenvalue weighted by Crippen LogP contribution is -2.30. The summed E-state index contributed by atoms with van der Waals surface area (Å²) in [5.74, 6) is 0.461. The number of nitrogens with one attached hydrogen (secondary N) is 1. The summed E-state index contributed by atoms with van der Waals surface area (Å²) in [4.78, 5) is 26.9. The largest absolute Gasteiger partial charge is 0.338 e. The molecule has 0 spiro atoms. The van der Waals surface area contributed by atoms with E-state index in [0.717, 1.165) is 17.0 Å². The molecule has 3 heterocycles. The fraction of sp³-hybridized carbons (Fsp3) is 0.556. The maximum absolute atomic E-state index is 12.9. The average Bonchev–Trinajstić information content (AvgIpc) is 3.22. The maximum atomic E-state index is 12.9. The monoisotopic (exact) mass is 356 g/mol. The van der Waals surface area contributed by atoms with Gasteiger partial charge >= 0.3 is 0 Å². The van der Waals surface area contributed by atoms with Crippen molar-refractivity contribution in [1.82, 2.24) is 24.5 Å². The second kappa shape index (κ2) is 5.96. The van der Waals surface area contributed by atoms with Gasteiger partial charge in [0.2, 0.25) is 11.8 Å². The minimum absolute atomic E-state index is 0.0295. The number of likely N-dealkylation sites (tertiary alicyclic amines) is 1. The van der Waals surface area contributed by atoms with Crippen molar-refractivity contribution in [2.45, 2.75) is 38.1 Å². The zero-order chi connectivity index (χ0) is 18.6. The molecule has 0 radical (unpaired) electrons. The number of hydrogen-bond donors (Lipinski definition) is 1. The summed E-state index contributed by atoms with van der Waals surface area (Å²) in [7, 11) is 5.51. The van der Waals surface area contributed by atoms with Crippen LogP contribution >= 0.6 is 0 Å². The van der Waals surface area contributed by atoms with Crippen LogP contribution in [0.25, 0.3) is 0 Å². The van der Waals surface area contributed by atoms with E-state index in [-0.39, 0.29) is 24.3 Å². The average molecular weight is 356 g/mol. The Morgan fingerprint density at radius 1 is 1.23 bits per heavy atom. The van der Waals surface area contributed by atoms with Crippen LogP contribution in [-0.2, 0) is 23.7 Å². The molecule has 2 amide bonds. The highest BCUT2D eigenvalue weighted by Crippen LogP contribution is 2.41. The predicted molar refractivity (Wildman–Crippen MR) is 95.4 cm³/mol. The zero-order valence-corrected chi connectivity index (χ0v) is 15.6. The molecule has 1 saturated heterocycles. The summed E-state index contributed by atoms with van der Waals surface area (Å²) in [6.07, 6.45) is 4.30. The molecule has 138 valence electrons. The molecular formula is C18H24N6O2. The van der Waals surface area contributed by atoms with Crippen molar-refractivity contribution in [3.8, 4) is 0 Å². The molecule has 26 heavy (non-hydrogen) atoms. The molecule has 2 aromatic heterocycles. The lowest BCUT2D eigenvalue weighted by molar-refractivity contribution is -0.128. The van der Waals surface area contributed by atoms with Crippen molar-refractivity contribution in [1.29, 1.82) is 0 Å². The number of amides is 2. The molecule has 1 aliphatic heterocycles. The highest BCUT2D eigenvalue weighted by atomic mass is 16.2. The summed E-state index contributed by atoms with van der Waals surface area (Å²) < 4.78 is 3.60. The van der Waals surface area contributed by atoms with Crippen LogP contribution in [0.15, 0.2) is 12.3 Å². The lowest BCUT2D eigenvalue weighted by Gasteiger charge is -2.24. The normalized spacial score (nSPS) is 22.9. The Bertz CT molecular complexity index is 878. The maximum Gasteiger partial charge on any atom is 0.231 e. The quantitative estimate of drug-likeness (QED) is 0.900. The van der Waals surface area contributed by atoms with Crippen molar-refractivity contribution < 1.29 is 9.59 Å². The second-order valence-electron chi connectivity index (χ2n) is 7.41. The fourth-order valence-corrected chi connectivity index (χ4v) is 3.86. The summed E-state index contributed by atoms with van der Waals surface area (Å²) in [5, 5.41) is 11.6. The van der Waals surface area contributed by atoms with E-state index >= 15 is 0 Å².